The van der Waals surface area contributed by atoms with Crippen molar-refractivity contribution in [2.75, 3.05) is 17.7 Å². The highest BCUT2D eigenvalue weighted by Gasteiger charge is 2.10. The van der Waals surface area contributed by atoms with Gasteiger partial charge in [-0.25, -0.2) is 9.97 Å². The number of ether oxygens (including phenoxy) is 1. The van der Waals surface area contributed by atoms with E-state index in [-0.39, 0.29) is 11.6 Å². The summed E-state index contributed by atoms with van der Waals surface area (Å²) in [6.07, 6.45) is 2.94. The van der Waals surface area contributed by atoms with Gasteiger partial charge in [0.25, 0.3) is 5.91 Å². The SMILES string of the molecule is COc1ccc(Nc2cnc(C(=O)Nc3ccccc3Br)cn2)cc1. The first kappa shape index (κ1) is 16.9. The Morgan fingerprint density at radius 1 is 1.04 bits per heavy atom. The molecule has 0 aliphatic carbocycles. The Labute approximate surface area is 153 Å². The molecule has 1 amide bonds. The third kappa shape index (κ3) is 4.33. The van der Waals surface area contributed by atoms with Crippen LogP contribution in [0.2, 0.25) is 0 Å². The van der Waals surface area contributed by atoms with E-state index in [2.05, 4.69) is 36.5 Å². The lowest BCUT2D eigenvalue weighted by Crippen LogP contribution is -2.14. The third-order valence-electron chi connectivity index (χ3n) is 3.37. The molecule has 0 spiro atoms. The summed E-state index contributed by atoms with van der Waals surface area (Å²) in [5, 5.41) is 5.90. The Hall–Kier alpha value is -2.93. The summed E-state index contributed by atoms with van der Waals surface area (Å²) in [6, 6.07) is 14.8. The lowest BCUT2D eigenvalue weighted by atomic mass is 10.3. The van der Waals surface area contributed by atoms with Crippen molar-refractivity contribution in [3.05, 3.63) is 71.1 Å². The van der Waals surface area contributed by atoms with Crippen LogP contribution < -0.4 is 15.4 Å². The zero-order valence-corrected chi connectivity index (χ0v) is 14.9. The molecule has 0 saturated heterocycles. The topological polar surface area (TPSA) is 76.1 Å². The third-order valence-corrected chi connectivity index (χ3v) is 4.06. The number of aromatic nitrogens is 2. The van der Waals surface area contributed by atoms with Crippen LogP contribution in [0.4, 0.5) is 17.2 Å². The highest BCUT2D eigenvalue weighted by atomic mass is 79.9. The highest BCUT2D eigenvalue weighted by molar-refractivity contribution is 9.10. The second-order valence-electron chi connectivity index (χ2n) is 5.07. The molecule has 25 heavy (non-hydrogen) atoms. The van der Waals surface area contributed by atoms with Crippen LogP contribution in [0.3, 0.4) is 0 Å². The van der Waals surface area contributed by atoms with Crippen molar-refractivity contribution < 1.29 is 9.53 Å². The highest BCUT2D eigenvalue weighted by Crippen LogP contribution is 2.22. The number of nitrogens with zero attached hydrogens (tertiary/aromatic N) is 2. The van der Waals surface area contributed by atoms with E-state index < -0.39 is 0 Å². The van der Waals surface area contributed by atoms with E-state index >= 15 is 0 Å². The first-order chi connectivity index (χ1) is 12.2. The first-order valence-electron chi connectivity index (χ1n) is 7.45. The number of amides is 1. The van der Waals surface area contributed by atoms with Gasteiger partial charge in [-0.15, -0.1) is 0 Å². The van der Waals surface area contributed by atoms with Gasteiger partial charge in [-0.1, -0.05) is 12.1 Å². The molecule has 3 aromatic rings. The van der Waals surface area contributed by atoms with Crippen molar-refractivity contribution in [1.29, 1.82) is 0 Å². The minimum atomic E-state index is -0.324. The van der Waals surface area contributed by atoms with E-state index in [4.69, 9.17) is 4.74 Å². The largest absolute Gasteiger partial charge is 0.497 e. The number of hydrogen-bond donors (Lipinski definition) is 2. The molecule has 0 fully saturated rings. The minimum absolute atomic E-state index is 0.232. The summed E-state index contributed by atoms with van der Waals surface area (Å²) in [6.45, 7) is 0. The van der Waals surface area contributed by atoms with Crippen LogP contribution in [0.15, 0.2) is 65.4 Å². The van der Waals surface area contributed by atoms with Crippen LogP contribution in [0.25, 0.3) is 0 Å². The Morgan fingerprint density at radius 3 is 2.44 bits per heavy atom. The number of hydrogen-bond acceptors (Lipinski definition) is 5. The molecule has 0 radical (unpaired) electrons. The average molecular weight is 399 g/mol. The van der Waals surface area contributed by atoms with Crippen LogP contribution in [0.1, 0.15) is 10.5 Å². The smallest absolute Gasteiger partial charge is 0.275 e. The van der Waals surface area contributed by atoms with Gasteiger partial charge in [-0.05, 0) is 52.3 Å². The molecule has 2 aromatic carbocycles. The predicted molar refractivity (Wildman–Crippen MR) is 100 cm³/mol. The van der Waals surface area contributed by atoms with Gasteiger partial charge in [0, 0.05) is 10.2 Å². The summed E-state index contributed by atoms with van der Waals surface area (Å²) in [5.41, 5.74) is 1.76. The monoisotopic (exact) mass is 398 g/mol. The molecule has 3 rings (SSSR count). The zero-order chi connectivity index (χ0) is 17.6. The molecular weight excluding hydrogens is 384 g/mol. The quantitative estimate of drug-likeness (QED) is 0.671. The van der Waals surface area contributed by atoms with E-state index in [0.717, 1.165) is 15.9 Å². The van der Waals surface area contributed by atoms with Crippen molar-refractivity contribution in [3.8, 4) is 5.75 Å². The van der Waals surface area contributed by atoms with Gasteiger partial charge >= 0.3 is 0 Å². The minimum Gasteiger partial charge on any atom is -0.497 e. The molecule has 2 N–H and O–H groups in total. The Kier molecular flexibility index (Phi) is 5.25. The number of rotatable bonds is 5. The normalized spacial score (nSPS) is 10.2. The Morgan fingerprint density at radius 2 is 1.80 bits per heavy atom. The Bertz CT molecular complexity index is 867. The molecule has 0 bridgehead atoms. The maximum atomic E-state index is 12.2. The van der Waals surface area contributed by atoms with Gasteiger partial charge < -0.3 is 15.4 Å². The summed E-state index contributed by atoms with van der Waals surface area (Å²) < 4.78 is 5.92. The van der Waals surface area contributed by atoms with Crippen molar-refractivity contribution >= 4 is 39.0 Å². The van der Waals surface area contributed by atoms with E-state index in [9.17, 15) is 4.79 Å². The number of benzene rings is 2. The summed E-state index contributed by atoms with van der Waals surface area (Å²) >= 11 is 3.39. The molecule has 0 aliphatic rings. The van der Waals surface area contributed by atoms with Crippen LogP contribution in [-0.2, 0) is 0 Å². The van der Waals surface area contributed by atoms with Crippen molar-refractivity contribution in [2.24, 2.45) is 0 Å². The second-order valence-corrected chi connectivity index (χ2v) is 5.93. The van der Waals surface area contributed by atoms with Gasteiger partial charge in [-0.2, -0.15) is 0 Å². The molecule has 6 nitrogen and oxygen atoms in total. The van der Waals surface area contributed by atoms with Gasteiger partial charge in [0.15, 0.2) is 0 Å². The van der Waals surface area contributed by atoms with Crippen LogP contribution in [-0.4, -0.2) is 23.0 Å². The zero-order valence-electron chi connectivity index (χ0n) is 13.4. The number of halogens is 1. The summed E-state index contributed by atoms with van der Waals surface area (Å²) in [5.74, 6) is 0.994. The second kappa shape index (κ2) is 7.76. The van der Waals surface area contributed by atoms with Gasteiger partial charge in [-0.3, -0.25) is 4.79 Å². The van der Waals surface area contributed by atoms with Crippen molar-refractivity contribution in [3.63, 3.8) is 0 Å². The fourth-order valence-electron chi connectivity index (χ4n) is 2.08. The molecule has 126 valence electrons. The standard InChI is InChI=1S/C18H15BrN4O2/c1-25-13-8-6-12(7-9-13)22-17-11-20-16(10-21-17)18(24)23-15-5-3-2-4-14(15)19/h2-11H,1H3,(H,21,22)(H,23,24). The van der Waals surface area contributed by atoms with E-state index in [1.54, 1.807) is 13.2 Å². The number of carbonyl (C=O) groups excluding carboxylic acids is 1. The van der Waals surface area contributed by atoms with Gasteiger partial charge in [0.2, 0.25) is 0 Å². The molecule has 0 saturated carbocycles. The predicted octanol–water partition coefficient (Wildman–Crippen LogP) is 4.24. The van der Waals surface area contributed by atoms with Gasteiger partial charge in [0.1, 0.15) is 17.3 Å². The lowest BCUT2D eigenvalue weighted by Gasteiger charge is -2.08. The summed E-state index contributed by atoms with van der Waals surface area (Å²) in [4.78, 5) is 20.6. The number of methoxy groups -OCH3 is 1. The van der Waals surface area contributed by atoms with E-state index in [0.29, 0.717) is 11.5 Å². The number of anilines is 3. The molecule has 1 heterocycles. The molecular formula is C18H15BrN4O2. The van der Waals surface area contributed by atoms with E-state index in [1.165, 1.54) is 12.4 Å². The molecule has 0 unspecified atom stereocenters. The Balaban J connectivity index is 1.67. The maximum Gasteiger partial charge on any atom is 0.275 e. The van der Waals surface area contributed by atoms with Crippen LogP contribution in [0.5, 0.6) is 5.75 Å². The molecule has 0 aliphatic heterocycles. The summed E-state index contributed by atoms with van der Waals surface area (Å²) in [7, 11) is 1.62. The lowest BCUT2D eigenvalue weighted by molar-refractivity contribution is 0.102. The number of para-hydroxylation sites is 1. The van der Waals surface area contributed by atoms with E-state index in [1.807, 2.05) is 42.5 Å². The number of nitrogens with one attached hydrogen (secondary N) is 2. The first-order valence-corrected chi connectivity index (χ1v) is 8.24. The van der Waals surface area contributed by atoms with Gasteiger partial charge in [0.05, 0.1) is 25.2 Å². The molecule has 1 aromatic heterocycles. The fourth-order valence-corrected chi connectivity index (χ4v) is 2.46. The molecule has 7 heteroatoms. The fraction of sp³-hybridized carbons (Fsp3) is 0.0556. The van der Waals surface area contributed by atoms with Crippen molar-refractivity contribution in [2.45, 2.75) is 0 Å². The number of carbonyl (C=O) groups is 1. The maximum absolute atomic E-state index is 12.2. The van der Waals surface area contributed by atoms with Crippen LogP contribution >= 0.6 is 15.9 Å². The van der Waals surface area contributed by atoms with Crippen LogP contribution in [0, 0.1) is 0 Å². The average Bonchev–Trinajstić information content (AvgIpc) is 2.65. The van der Waals surface area contributed by atoms with Crippen molar-refractivity contribution in [1.82, 2.24) is 9.97 Å². The molecule has 0 atom stereocenters.